The lowest BCUT2D eigenvalue weighted by Crippen LogP contribution is -2.48. The van der Waals surface area contributed by atoms with E-state index in [2.05, 4.69) is 33.8 Å². The number of fused-ring (bicyclic) bond motifs is 5. The van der Waals surface area contributed by atoms with Crippen LogP contribution in [0.25, 0.3) is 0 Å². The van der Waals surface area contributed by atoms with Crippen LogP contribution in [0.15, 0.2) is 11.6 Å². The Labute approximate surface area is 138 Å². The first-order valence-electron chi connectivity index (χ1n) is 10.2. The molecule has 8 unspecified atom stereocenters. The molecule has 0 heteroatoms. The van der Waals surface area contributed by atoms with E-state index in [1.165, 1.54) is 25.7 Å². The van der Waals surface area contributed by atoms with Crippen molar-refractivity contribution in [3.63, 3.8) is 0 Å². The van der Waals surface area contributed by atoms with Crippen molar-refractivity contribution in [2.24, 2.45) is 46.8 Å². The van der Waals surface area contributed by atoms with Gasteiger partial charge in [-0.3, -0.25) is 0 Å². The largest absolute Gasteiger partial charge is 0.0879 e. The van der Waals surface area contributed by atoms with Gasteiger partial charge in [0.25, 0.3) is 0 Å². The molecule has 4 saturated carbocycles. The van der Waals surface area contributed by atoms with Gasteiger partial charge in [0.05, 0.1) is 0 Å². The summed E-state index contributed by atoms with van der Waals surface area (Å²) in [5.41, 5.74) is 2.37. The Bertz CT molecular complexity index is 461. The van der Waals surface area contributed by atoms with Crippen molar-refractivity contribution in [1.82, 2.24) is 0 Å². The number of hydrogen-bond acceptors (Lipinski definition) is 0. The van der Waals surface area contributed by atoms with Crippen LogP contribution in [0, 0.1) is 46.8 Å². The number of rotatable bonds is 0. The van der Waals surface area contributed by atoms with Crippen LogP contribution < -0.4 is 0 Å². The second-order valence-corrected chi connectivity index (χ2v) is 9.72. The van der Waals surface area contributed by atoms with Crippen molar-refractivity contribution >= 4 is 0 Å². The minimum atomic E-state index is 0.560. The van der Waals surface area contributed by atoms with Crippen LogP contribution in [0.4, 0.5) is 0 Å². The van der Waals surface area contributed by atoms with Gasteiger partial charge in [-0.15, -0.1) is 0 Å². The van der Waals surface area contributed by atoms with Crippen molar-refractivity contribution < 1.29 is 0 Å². The average molecular weight is 301 g/mol. The molecule has 0 N–H and O–H groups in total. The Morgan fingerprint density at radius 3 is 2.50 bits per heavy atom. The normalized spacial score (nSPS) is 56.4. The molecule has 0 nitrogen and oxygen atoms in total. The van der Waals surface area contributed by atoms with Crippen molar-refractivity contribution in [3.8, 4) is 0 Å². The molecule has 4 fully saturated rings. The van der Waals surface area contributed by atoms with Gasteiger partial charge in [-0.2, -0.15) is 0 Å². The average Bonchev–Trinajstić information content (AvgIpc) is 2.77. The zero-order valence-corrected chi connectivity index (χ0v) is 15.3. The van der Waals surface area contributed by atoms with Crippen molar-refractivity contribution in [2.75, 3.05) is 0 Å². The second kappa shape index (κ2) is 5.38. The third-order valence-electron chi connectivity index (χ3n) is 8.71. The van der Waals surface area contributed by atoms with E-state index in [9.17, 15) is 0 Å². The first-order chi connectivity index (χ1) is 10.5. The first kappa shape index (κ1) is 15.3. The van der Waals surface area contributed by atoms with Gasteiger partial charge in [-0.25, -0.2) is 0 Å². The summed E-state index contributed by atoms with van der Waals surface area (Å²) < 4.78 is 0. The van der Waals surface area contributed by atoms with E-state index in [-0.39, 0.29) is 0 Å². The smallest absolute Gasteiger partial charge is 0.00827 e. The maximum Gasteiger partial charge on any atom is -0.00827 e. The summed E-state index contributed by atoms with van der Waals surface area (Å²) in [4.78, 5) is 0. The molecule has 8 atom stereocenters. The molecule has 0 radical (unpaired) electrons. The Kier molecular flexibility index (Phi) is 3.74. The topological polar surface area (TPSA) is 0 Å². The van der Waals surface area contributed by atoms with Crippen LogP contribution in [0.2, 0.25) is 0 Å². The van der Waals surface area contributed by atoms with Crippen LogP contribution in [0.3, 0.4) is 0 Å². The van der Waals surface area contributed by atoms with E-state index in [0.29, 0.717) is 5.41 Å². The van der Waals surface area contributed by atoms with Gasteiger partial charge in [0, 0.05) is 0 Å². The van der Waals surface area contributed by atoms with Crippen LogP contribution in [0.1, 0.15) is 79.1 Å². The molecule has 0 aromatic rings. The van der Waals surface area contributed by atoms with Gasteiger partial charge in [-0.05, 0) is 98.7 Å². The highest BCUT2D eigenvalue weighted by Gasteiger charge is 2.57. The summed E-state index contributed by atoms with van der Waals surface area (Å²) in [5, 5.41) is 0. The lowest BCUT2D eigenvalue weighted by Gasteiger charge is -2.56. The van der Waals surface area contributed by atoms with Gasteiger partial charge in [0.2, 0.25) is 0 Å². The number of hydrogen-bond donors (Lipinski definition) is 0. The lowest BCUT2D eigenvalue weighted by molar-refractivity contribution is -0.0584. The van der Waals surface area contributed by atoms with Crippen LogP contribution in [0.5, 0.6) is 0 Å². The van der Waals surface area contributed by atoms with E-state index in [4.69, 9.17) is 0 Å². The molecular formula is C22H36. The zero-order valence-electron chi connectivity index (χ0n) is 15.3. The van der Waals surface area contributed by atoms with Crippen molar-refractivity contribution in [1.29, 1.82) is 0 Å². The summed E-state index contributed by atoms with van der Waals surface area (Å²) >= 11 is 0. The Balaban J connectivity index is 1.62. The van der Waals surface area contributed by atoms with E-state index >= 15 is 0 Å². The number of allylic oxidation sites excluding steroid dienone is 2. The zero-order chi connectivity index (χ0) is 15.5. The van der Waals surface area contributed by atoms with Gasteiger partial charge in [0.15, 0.2) is 0 Å². The summed E-state index contributed by atoms with van der Waals surface area (Å²) in [7, 11) is 0. The van der Waals surface area contributed by atoms with E-state index in [1.807, 2.05) is 5.57 Å². The van der Waals surface area contributed by atoms with Crippen LogP contribution in [-0.2, 0) is 0 Å². The van der Waals surface area contributed by atoms with Crippen molar-refractivity contribution in [3.05, 3.63) is 11.6 Å². The van der Waals surface area contributed by atoms with Crippen LogP contribution >= 0.6 is 0 Å². The molecule has 4 aliphatic carbocycles. The van der Waals surface area contributed by atoms with E-state index < -0.39 is 0 Å². The highest BCUT2D eigenvalue weighted by molar-refractivity contribution is 5.24. The molecule has 0 aliphatic heterocycles. The quantitative estimate of drug-likeness (QED) is 0.450. The highest BCUT2D eigenvalue weighted by Crippen LogP contribution is 2.65. The van der Waals surface area contributed by atoms with Gasteiger partial charge < -0.3 is 0 Å². The fourth-order valence-electron chi connectivity index (χ4n) is 7.91. The monoisotopic (exact) mass is 300 g/mol. The summed E-state index contributed by atoms with van der Waals surface area (Å²) in [6, 6.07) is 0. The summed E-state index contributed by atoms with van der Waals surface area (Å²) in [5.74, 6) is 7.27. The Morgan fingerprint density at radius 2 is 1.73 bits per heavy atom. The first-order valence-corrected chi connectivity index (χ1v) is 10.2. The molecule has 22 heavy (non-hydrogen) atoms. The molecule has 0 saturated heterocycles. The fraction of sp³-hybridized carbons (Fsp3) is 0.909. The minimum Gasteiger partial charge on any atom is -0.0879 e. The molecule has 0 spiro atoms. The third-order valence-corrected chi connectivity index (χ3v) is 8.71. The molecule has 0 aromatic carbocycles. The third kappa shape index (κ3) is 2.08. The second-order valence-electron chi connectivity index (χ2n) is 9.72. The maximum absolute atomic E-state index is 2.63. The minimum absolute atomic E-state index is 0.560. The lowest BCUT2D eigenvalue weighted by atomic mass is 9.49. The van der Waals surface area contributed by atoms with Crippen LogP contribution in [-0.4, -0.2) is 0 Å². The fourth-order valence-corrected chi connectivity index (χ4v) is 7.91. The Morgan fingerprint density at radius 1 is 0.955 bits per heavy atom. The van der Waals surface area contributed by atoms with E-state index in [0.717, 1.165) is 41.4 Å². The molecule has 4 aliphatic rings. The SMILES string of the molecule is C/C=C1\CC(C)C2C3CCC4CC(C)CCC4C3CCC12C. The highest BCUT2D eigenvalue weighted by atomic mass is 14.6. The predicted octanol–water partition coefficient (Wildman–Crippen LogP) is 6.47. The van der Waals surface area contributed by atoms with Gasteiger partial charge >= 0.3 is 0 Å². The van der Waals surface area contributed by atoms with Gasteiger partial charge in [0.1, 0.15) is 0 Å². The molecule has 0 aromatic heterocycles. The van der Waals surface area contributed by atoms with Crippen molar-refractivity contribution in [2.45, 2.75) is 79.1 Å². The molecule has 124 valence electrons. The molecule has 0 bridgehead atoms. The Hall–Kier alpha value is -0.260. The standard InChI is InChI=1S/C22H36/c1-5-17-13-15(3)21-20-9-7-16-12-14(2)6-8-18(16)19(20)10-11-22(17,21)4/h5,14-16,18-21H,6-13H2,1-4H3/b17-5+. The predicted molar refractivity (Wildman–Crippen MR) is 94.6 cm³/mol. The molecule has 0 amide bonds. The van der Waals surface area contributed by atoms with E-state index in [1.54, 1.807) is 25.7 Å². The molecule has 0 heterocycles. The summed E-state index contributed by atoms with van der Waals surface area (Å²) in [6.07, 6.45) is 14.6. The molecular weight excluding hydrogens is 264 g/mol. The summed E-state index contributed by atoms with van der Waals surface area (Å²) in [6.45, 7) is 9.98. The maximum atomic E-state index is 2.63. The molecule has 4 rings (SSSR count). The van der Waals surface area contributed by atoms with Gasteiger partial charge in [-0.1, -0.05) is 38.8 Å².